The smallest absolute Gasteiger partial charge is 0.176 e. The van der Waals surface area contributed by atoms with Gasteiger partial charge in [0, 0.05) is 25.4 Å². The van der Waals surface area contributed by atoms with Gasteiger partial charge in [-0.25, -0.2) is 13.0 Å². The summed E-state index contributed by atoms with van der Waals surface area (Å²) in [7, 11) is 0.779. The monoisotopic (exact) mass is 313 g/mol. The number of anilines is 2. The first-order valence-electron chi connectivity index (χ1n) is 7.06. The number of quaternary nitrogens is 1. The van der Waals surface area contributed by atoms with E-state index in [1.165, 1.54) is 6.26 Å². The first kappa shape index (κ1) is 16.1. The fourth-order valence-corrected chi connectivity index (χ4v) is 3.91. The third-order valence-corrected chi connectivity index (χ3v) is 5.75. The van der Waals surface area contributed by atoms with Crippen LogP contribution in [0.4, 0.5) is 17.1 Å². The highest BCUT2D eigenvalue weighted by atomic mass is 32.2. The average Bonchev–Trinajstić information content (AvgIpc) is 2.37. The molecule has 1 aromatic rings. The molecule has 1 fully saturated rings. The highest BCUT2D eigenvalue weighted by Crippen LogP contribution is 2.35. The number of rotatable bonds is 3. The fraction of sp³-hybridized carbons (Fsp3) is 0.571. The van der Waals surface area contributed by atoms with Crippen LogP contribution in [0.1, 0.15) is 12.8 Å². The highest BCUT2D eigenvalue weighted by molar-refractivity contribution is 7.91. The molecule has 0 aromatic heterocycles. The zero-order valence-electron chi connectivity index (χ0n) is 12.9. The lowest BCUT2D eigenvalue weighted by atomic mass is 10.1. The van der Waals surface area contributed by atoms with Crippen molar-refractivity contribution < 1.29 is 8.42 Å². The van der Waals surface area contributed by atoms with E-state index < -0.39 is 9.84 Å². The van der Waals surface area contributed by atoms with Crippen molar-refractivity contribution in [2.24, 2.45) is 5.84 Å². The van der Waals surface area contributed by atoms with Gasteiger partial charge in [-0.05, 0) is 18.9 Å². The van der Waals surface area contributed by atoms with E-state index in [9.17, 15) is 8.42 Å². The Labute approximate surface area is 126 Å². The Morgan fingerprint density at radius 2 is 1.81 bits per heavy atom. The van der Waals surface area contributed by atoms with E-state index in [0.717, 1.165) is 11.4 Å². The fourth-order valence-electron chi connectivity index (χ4n) is 2.84. The number of hydrogen-bond donors (Lipinski definition) is 2. The second kappa shape index (κ2) is 5.47. The SMILES string of the molecule is C[N+](C)(N)c1cccc(N2CCC(S(C)(=O)=O)CC2)c1N. The van der Waals surface area contributed by atoms with Gasteiger partial charge >= 0.3 is 0 Å². The van der Waals surface area contributed by atoms with Crippen molar-refractivity contribution in [2.75, 3.05) is 44.1 Å². The van der Waals surface area contributed by atoms with Gasteiger partial charge < -0.3 is 10.6 Å². The Morgan fingerprint density at radius 3 is 2.29 bits per heavy atom. The number of sulfone groups is 1. The number of para-hydroxylation sites is 1. The molecule has 0 aliphatic carbocycles. The van der Waals surface area contributed by atoms with Crippen LogP contribution in [0.5, 0.6) is 0 Å². The zero-order valence-corrected chi connectivity index (χ0v) is 13.7. The van der Waals surface area contributed by atoms with Gasteiger partial charge in [-0.15, -0.1) is 0 Å². The lowest BCUT2D eigenvalue weighted by Gasteiger charge is -2.34. The quantitative estimate of drug-likeness (QED) is 0.371. The van der Waals surface area contributed by atoms with Crippen LogP contribution in [-0.4, -0.2) is 47.1 Å². The summed E-state index contributed by atoms with van der Waals surface area (Å²) in [6.45, 7) is 1.40. The minimum absolute atomic E-state index is 0.166. The topological polar surface area (TPSA) is 89.4 Å². The van der Waals surface area contributed by atoms with Gasteiger partial charge in [0.15, 0.2) is 5.69 Å². The maximum Gasteiger partial charge on any atom is 0.176 e. The molecular weight excluding hydrogens is 288 g/mol. The van der Waals surface area contributed by atoms with E-state index in [-0.39, 0.29) is 9.84 Å². The summed E-state index contributed by atoms with van der Waals surface area (Å²) in [5.74, 6) is 6.09. The molecular formula is C14H25N4O2S+. The molecule has 1 aliphatic rings. The van der Waals surface area contributed by atoms with Crippen molar-refractivity contribution in [3.8, 4) is 0 Å². The molecule has 0 saturated carbocycles. The first-order valence-corrected chi connectivity index (χ1v) is 9.01. The van der Waals surface area contributed by atoms with Gasteiger partial charge in [0.05, 0.1) is 25.0 Å². The van der Waals surface area contributed by atoms with Crippen LogP contribution in [0.25, 0.3) is 0 Å². The molecule has 1 aromatic carbocycles. The predicted octanol–water partition coefficient (Wildman–Crippen LogP) is 0.723. The minimum Gasteiger partial charge on any atom is -0.392 e. The summed E-state index contributed by atoms with van der Waals surface area (Å²) in [5.41, 5.74) is 8.73. The third kappa shape index (κ3) is 3.48. The van der Waals surface area contributed by atoms with Crippen molar-refractivity contribution >= 4 is 26.9 Å². The number of nitrogens with two attached hydrogens (primary N) is 2. The van der Waals surface area contributed by atoms with Crippen molar-refractivity contribution in [1.29, 1.82) is 0 Å². The largest absolute Gasteiger partial charge is 0.392 e. The summed E-state index contributed by atoms with van der Waals surface area (Å²) in [4.78, 5) is 2.15. The number of benzene rings is 1. The molecule has 0 radical (unpaired) electrons. The van der Waals surface area contributed by atoms with E-state index >= 15 is 0 Å². The van der Waals surface area contributed by atoms with Crippen molar-refractivity contribution in [1.82, 2.24) is 4.59 Å². The van der Waals surface area contributed by atoms with Crippen LogP contribution in [-0.2, 0) is 9.84 Å². The summed E-state index contributed by atoms with van der Waals surface area (Å²) in [6.07, 6.45) is 2.60. The van der Waals surface area contributed by atoms with Crippen LogP contribution >= 0.6 is 0 Å². The van der Waals surface area contributed by atoms with Crippen LogP contribution < -0.4 is 21.1 Å². The summed E-state index contributed by atoms with van der Waals surface area (Å²) < 4.78 is 23.4. The van der Waals surface area contributed by atoms with Crippen LogP contribution in [0.2, 0.25) is 0 Å². The number of piperidine rings is 1. The normalized spacial score (nSPS) is 18.0. The molecule has 1 saturated heterocycles. The molecule has 0 spiro atoms. The molecule has 6 nitrogen and oxygen atoms in total. The Hall–Kier alpha value is -1.31. The molecule has 1 aliphatic heterocycles. The maximum absolute atomic E-state index is 11.6. The molecule has 4 N–H and O–H groups in total. The molecule has 7 heteroatoms. The molecule has 0 atom stereocenters. The summed E-state index contributed by atoms with van der Waals surface area (Å²) in [6, 6.07) is 5.83. The highest BCUT2D eigenvalue weighted by Gasteiger charge is 2.29. The Balaban J connectivity index is 2.22. The van der Waals surface area contributed by atoms with E-state index in [1.807, 2.05) is 32.3 Å². The molecule has 118 valence electrons. The van der Waals surface area contributed by atoms with E-state index in [4.69, 9.17) is 11.6 Å². The second-order valence-electron chi connectivity index (χ2n) is 6.27. The average molecular weight is 313 g/mol. The summed E-state index contributed by atoms with van der Waals surface area (Å²) >= 11 is 0. The van der Waals surface area contributed by atoms with Gasteiger partial charge in [0.25, 0.3) is 0 Å². The van der Waals surface area contributed by atoms with E-state index in [1.54, 1.807) is 0 Å². The lowest BCUT2D eigenvalue weighted by molar-refractivity contribution is 0.420. The number of nitrogen functional groups attached to an aromatic ring is 1. The molecule has 0 amide bonds. The number of hydrogen-bond acceptors (Lipinski definition) is 5. The summed E-state index contributed by atoms with van der Waals surface area (Å²) in [5, 5.41) is -0.236. The molecule has 2 rings (SSSR count). The first-order chi connectivity index (χ1) is 9.60. The lowest BCUT2D eigenvalue weighted by Crippen LogP contribution is -2.48. The van der Waals surface area contributed by atoms with E-state index in [2.05, 4.69) is 4.90 Å². The van der Waals surface area contributed by atoms with Gasteiger partial charge in [-0.2, -0.15) is 5.84 Å². The zero-order chi connectivity index (χ0) is 15.8. The third-order valence-electron chi connectivity index (χ3n) is 4.07. The minimum atomic E-state index is -2.95. The molecule has 1 heterocycles. The van der Waals surface area contributed by atoms with Gasteiger partial charge in [-0.1, -0.05) is 6.07 Å². The maximum atomic E-state index is 11.6. The molecule has 0 bridgehead atoms. The van der Waals surface area contributed by atoms with Crippen molar-refractivity contribution in [3.63, 3.8) is 0 Å². The molecule has 0 unspecified atom stereocenters. The van der Waals surface area contributed by atoms with Gasteiger partial charge in [0.2, 0.25) is 0 Å². The van der Waals surface area contributed by atoms with Crippen LogP contribution in [0.3, 0.4) is 0 Å². The van der Waals surface area contributed by atoms with E-state index in [0.29, 0.717) is 31.6 Å². The predicted molar refractivity (Wildman–Crippen MR) is 88.8 cm³/mol. The van der Waals surface area contributed by atoms with Gasteiger partial charge in [-0.3, -0.25) is 0 Å². The second-order valence-corrected chi connectivity index (χ2v) is 8.59. The van der Waals surface area contributed by atoms with Crippen molar-refractivity contribution in [2.45, 2.75) is 18.1 Å². The Kier molecular flexibility index (Phi) is 4.19. The van der Waals surface area contributed by atoms with Crippen LogP contribution in [0, 0.1) is 0 Å². The Bertz CT molecular complexity index is 614. The van der Waals surface area contributed by atoms with Gasteiger partial charge in [0.1, 0.15) is 15.5 Å². The number of nitrogens with zero attached hydrogens (tertiary/aromatic N) is 2. The van der Waals surface area contributed by atoms with Crippen molar-refractivity contribution in [3.05, 3.63) is 18.2 Å². The molecule has 21 heavy (non-hydrogen) atoms. The van der Waals surface area contributed by atoms with Crippen LogP contribution in [0.15, 0.2) is 18.2 Å². The Morgan fingerprint density at radius 1 is 1.24 bits per heavy atom. The standard InChI is InChI=1S/C14H25N4O2S/c1-18(2,16)13-6-4-5-12(14(13)15)17-9-7-11(8-10-17)21(3,19)20/h4-6,11H,7-10,15-16H2,1-3H3/q+1.